The van der Waals surface area contributed by atoms with Crippen LogP contribution >= 0.6 is 0 Å². The van der Waals surface area contributed by atoms with E-state index in [1.165, 1.54) is 0 Å². The van der Waals surface area contributed by atoms with Crippen LogP contribution in [0.2, 0.25) is 0 Å². The van der Waals surface area contributed by atoms with Crippen molar-refractivity contribution in [1.29, 1.82) is 0 Å². The number of anilines is 12. The van der Waals surface area contributed by atoms with Crippen LogP contribution in [0.4, 0.5) is 68.2 Å². The maximum Gasteiger partial charge on any atom is 0.0468 e. The van der Waals surface area contributed by atoms with Crippen LogP contribution in [-0.4, -0.2) is 0 Å². The van der Waals surface area contributed by atoms with Crippen LogP contribution in [0, 0.1) is 0 Å². The second kappa shape index (κ2) is 24.8. The monoisotopic (exact) mass is 1150 g/mol. The minimum absolute atomic E-state index is 1.06. The summed E-state index contributed by atoms with van der Waals surface area (Å²) >= 11 is 0. The summed E-state index contributed by atoms with van der Waals surface area (Å²) in [5.74, 6) is 0. The number of nitrogens with zero attached hydrogens (tertiary/aromatic N) is 4. The second-order valence-electron chi connectivity index (χ2n) is 22.5. The molecule has 0 amide bonds. The average molecular weight is 1150 g/mol. The molecular formula is C86H62N4. The summed E-state index contributed by atoms with van der Waals surface area (Å²) in [4.78, 5) is 9.38. The lowest BCUT2D eigenvalue weighted by molar-refractivity contribution is 1.28. The first-order chi connectivity index (χ1) is 44.7. The highest BCUT2D eigenvalue weighted by Gasteiger charge is 2.24. The van der Waals surface area contributed by atoms with E-state index in [1.54, 1.807) is 0 Å². The molecule has 90 heavy (non-hydrogen) atoms. The summed E-state index contributed by atoms with van der Waals surface area (Å²) in [7, 11) is 0. The first-order valence-electron chi connectivity index (χ1n) is 30.7. The predicted molar refractivity (Wildman–Crippen MR) is 382 cm³/mol. The van der Waals surface area contributed by atoms with E-state index < -0.39 is 0 Å². The SMILES string of the molecule is c1ccc(N(c2ccccc2)c2ccc(-c3cccc(-c4c5ccc(N(c6ccccc6)c6ccccc6)cc5c(-c5cccc(-c6ccc(N(c7ccccc7)c7ccccc7)cc6)c5)c5ccc(N(c6ccccc6)c6ccccc6)cc45)c3)cc2)cc1. The molecule has 0 bridgehead atoms. The van der Waals surface area contributed by atoms with Gasteiger partial charge in [0, 0.05) is 68.2 Å². The average Bonchev–Trinajstić information content (AvgIpc) is 0.818. The Morgan fingerprint density at radius 2 is 0.333 bits per heavy atom. The second-order valence-corrected chi connectivity index (χ2v) is 22.5. The summed E-state index contributed by atoms with van der Waals surface area (Å²) in [6, 6.07) is 136. The van der Waals surface area contributed by atoms with E-state index in [0.29, 0.717) is 0 Å². The van der Waals surface area contributed by atoms with Gasteiger partial charge in [-0.25, -0.2) is 0 Å². The Morgan fingerprint density at radius 1 is 0.122 bits per heavy atom. The summed E-state index contributed by atoms with van der Waals surface area (Å²) in [5, 5.41) is 4.59. The molecule has 0 fully saturated rings. The van der Waals surface area contributed by atoms with Crippen LogP contribution in [0.1, 0.15) is 0 Å². The maximum absolute atomic E-state index is 2.43. The predicted octanol–water partition coefficient (Wildman–Crippen LogP) is 24.5. The van der Waals surface area contributed by atoms with Crippen molar-refractivity contribution in [2.75, 3.05) is 19.6 Å². The number of fused-ring (bicyclic) bond motifs is 2. The van der Waals surface area contributed by atoms with Gasteiger partial charge in [0.2, 0.25) is 0 Å². The Morgan fingerprint density at radius 3 is 0.589 bits per heavy atom. The molecule has 0 aromatic heterocycles. The molecule has 4 heteroatoms. The Hall–Kier alpha value is -12.0. The van der Waals surface area contributed by atoms with E-state index in [9.17, 15) is 0 Å². The standard InChI is InChI=1S/C86H62N4/c1-9-31-69(32-10-1)87(70-33-11-2-12-34-70)77-51-47-63(48-52-77)65-27-25-29-67(59-65)85-81-57-55-80(90(75-43-21-7-22-44-75)76-45-23-8-24-46-76)62-84(81)86(82-58-56-79(61-83(82)85)89(73-39-17-5-18-40-73)74-41-19-6-20-42-74)68-30-26-28-66(60-68)64-49-53-78(54-50-64)88(71-35-13-3-14-36-71)72-37-15-4-16-38-72/h1-62H. The number of benzene rings is 15. The summed E-state index contributed by atoms with van der Waals surface area (Å²) in [5.41, 5.74) is 22.1. The molecule has 426 valence electrons. The fraction of sp³-hybridized carbons (Fsp3) is 0. The van der Waals surface area contributed by atoms with Crippen molar-refractivity contribution in [3.8, 4) is 44.5 Å². The van der Waals surface area contributed by atoms with Gasteiger partial charge in [-0.05, 0) is 224 Å². The Balaban J connectivity index is 0.948. The summed E-state index contributed by atoms with van der Waals surface area (Å²) < 4.78 is 0. The summed E-state index contributed by atoms with van der Waals surface area (Å²) in [6.45, 7) is 0. The molecule has 0 spiro atoms. The lowest BCUT2D eigenvalue weighted by Gasteiger charge is -2.28. The third-order valence-electron chi connectivity index (χ3n) is 16.9. The van der Waals surface area contributed by atoms with Crippen molar-refractivity contribution in [2.45, 2.75) is 0 Å². The van der Waals surface area contributed by atoms with E-state index in [1.807, 2.05) is 0 Å². The van der Waals surface area contributed by atoms with Crippen molar-refractivity contribution in [1.82, 2.24) is 0 Å². The highest BCUT2D eigenvalue weighted by atomic mass is 15.2. The topological polar surface area (TPSA) is 13.0 Å². The quantitative estimate of drug-likeness (QED) is 0.0894. The van der Waals surface area contributed by atoms with Crippen molar-refractivity contribution in [2.24, 2.45) is 0 Å². The first-order valence-corrected chi connectivity index (χ1v) is 30.7. The van der Waals surface area contributed by atoms with E-state index in [-0.39, 0.29) is 0 Å². The Bertz CT molecular complexity index is 4420. The van der Waals surface area contributed by atoms with Crippen LogP contribution in [-0.2, 0) is 0 Å². The molecule has 0 N–H and O–H groups in total. The van der Waals surface area contributed by atoms with Gasteiger partial charge in [-0.1, -0.05) is 218 Å². The molecule has 4 nitrogen and oxygen atoms in total. The van der Waals surface area contributed by atoms with Crippen LogP contribution in [0.25, 0.3) is 66.1 Å². The normalized spacial score (nSPS) is 11.1. The number of para-hydroxylation sites is 8. The molecule has 15 aromatic rings. The van der Waals surface area contributed by atoms with E-state index >= 15 is 0 Å². The molecule has 0 aliphatic carbocycles. The Labute approximate surface area is 527 Å². The zero-order valence-corrected chi connectivity index (χ0v) is 49.6. The van der Waals surface area contributed by atoms with Crippen LogP contribution in [0.15, 0.2) is 376 Å². The van der Waals surface area contributed by atoms with Crippen LogP contribution in [0.5, 0.6) is 0 Å². The van der Waals surface area contributed by atoms with Gasteiger partial charge in [-0.2, -0.15) is 0 Å². The largest absolute Gasteiger partial charge is 0.311 e. The lowest BCUT2D eigenvalue weighted by atomic mass is 9.84. The Kier molecular flexibility index (Phi) is 15.0. The van der Waals surface area contributed by atoms with Gasteiger partial charge in [0.1, 0.15) is 0 Å². The number of hydrogen-bond donors (Lipinski definition) is 0. The van der Waals surface area contributed by atoms with Crippen molar-refractivity contribution >= 4 is 89.8 Å². The first kappa shape index (κ1) is 54.7. The fourth-order valence-corrected chi connectivity index (χ4v) is 12.8. The minimum Gasteiger partial charge on any atom is -0.311 e. The molecule has 0 aliphatic heterocycles. The van der Waals surface area contributed by atoms with Crippen LogP contribution in [0.3, 0.4) is 0 Å². The minimum atomic E-state index is 1.06. The van der Waals surface area contributed by atoms with E-state index in [4.69, 9.17) is 0 Å². The van der Waals surface area contributed by atoms with Crippen LogP contribution < -0.4 is 19.6 Å². The fourth-order valence-electron chi connectivity index (χ4n) is 12.8. The molecule has 15 rings (SSSR count). The highest BCUT2D eigenvalue weighted by molar-refractivity contribution is 6.23. The van der Waals surface area contributed by atoms with Gasteiger partial charge in [0.05, 0.1) is 0 Å². The molecule has 0 heterocycles. The molecule has 0 unspecified atom stereocenters. The van der Waals surface area contributed by atoms with Gasteiger partial charge in [0.15, 0.2) is 0 Å². The van der Waals surface area contributed by atoms with Gasteiger partial charge >= 0.3 is 0 Å². The summed E-state index contributed by atoms with van der Waals surface area (Å²) in [6.07, 6.45) is 0. The van der Waals surface area contributed by atoms with E-state index in [2.05, 4.69) is 396 Å². The zero-order valence-electron chi connectivity index (χ0n) is 49.6. The van der Waals surface area contributed by atoms with Crippen molar-refractivity contribution in [3.63, 3.8) is 0 Å². The molecule has 0 saturated carbocycles. The molecule has 0 atom stereocenters. The van der Waals surface area contributed by atoms with Gasteiger partial charge in [-0.3, -0.25) is 0 Å². The molecule has 0 saturated heterocycles. The van der Waals surface area contributed by atoms with Gasteiger partial charge < -0.3 is 19.6 Å². The number of rotatable bonds is 16. The van der Waals surface area contributed by atoms with Gasteiger partial charge in [-0.15, -0.1) is 0 Å². The number of hydrogen-bond acceptors (Lipinski definition) is 4. The third-order valence-corrected chi connectivity index (χ3v) is 16.9. The highest BCUT2D eigenvalue weighted by Crippen LogP contribution is 2.50. The van der Waals surface area contributed by atoms with Crippen molar-refractivity contribution < 1.29 is 0 Å². The molecular weight excluding hydrogens is 1090 g/mol. The van der Waals surface area contributed by atoms with Gasteiger partial charge in [0.25, 0.3) is 0 Å². The smallest absolute Gasteiger partial charge is 0.0468 e. The molecule has 0 radical (unpaired) electrons. The lowest BCUT2D eigenvalue weighted by Crippen LogP contribution is -2.10. The zero-order chi connectivity index (χ0) is 60.0. The molecule has 15 aromatic carbocycles. The third kappa shape index (κ3) is 10.9. The maximum atomic E-state index is 2.43. The van der Waals surface area contributed by atoms with E-state index in [0.717, 1.165) is 134 Å². The van der Waals surface area contributed by atoms with Crippen molar-refractivity contribution in [3.05, 3.63) is 376 Å². The molecule has 0 aliphatic rings.